The Morgan fingerprint density at radius 1 is 1.19 bits per heavy atom. The van der Waals surface area contributed by atoms with Gasteiger partial charge in [0.05, 0.1) is 0 Å². The largest absolute Gasteiger partial charge is 0.251 e. The van der Waals surface area contributed by atoms with E-state index in [4.69, 9.17) is 0 Å². The van der Waals surface area contributed by atoms with Crippen molar-refractivity contribution < 1.29 is 12.8 Å². The number of hydrogen-bond donors (Lipinski definition) is 1. The van der Waals surface area contributed by atoms with Crippen LogP contribution in [0.1, 0.15) is 25.5 Å². The van der Waals surface area contributed by atoms with Crippen molar-refractivity contribution in [2.45, 2.75) is 24.1 Å². The molecule has 0 fully saturated rings. The first-order valence-electron chi connectivity index (χ1n) is 6.32. The SMILES string of the molecule is CC(C)C(NS(=O)(=O)c1sccc1Br)c1ccc(F)cc1. The van der Waals surface area contributed by atoms with Crippen LogP contribution < -0.4 is 4.72 Å². The van der Waals surface area contributed by atoms with Crippen molar-refractivity contribution in [2.24, 2.45) is 5.92 Å². The predicted octanol–water partition coefficient (Wildman–Crippen LogP) is 4.33. The van der Waals surface area contributed by atoms with Crippen LogP contribution in [0.3, 0.4) is 0 Å². The molecular weight excluding hydrogens is 377 g/mol. The number of hydrogen-bond acceptors (Lipinski definition) is 3. The van der Waals surface area contributed by atoms with E-state index >= 15 is 0 Å². The Balaban J connectivity index is 2.33. The van der Waals surface area contributed by atoms with Crippen LogP contribution in [0, 0.1) is 11.7 Å². The maximum Gasteiger partial charge on any atom is 0.251 e. The molecule has 0 aliphatic heterocycles. The minimum absolute atomic E-state index is 0.0315. The zero-order chi connectivity index (χ0) is 15.6. The standard InChI is InChI=1S/C14H15BrFNO2S2/c1-9(2)13(10-3-5-11(16)6-4-10)17-21(18,19)14-12(15)7-8-20-14/h3-9,13,17H,1-2H3. The summed E-state index contributed by atoms with van der Waals surface area (Å²) in [7, 11) is -3.62. The second-order valence-electron chi connectivity index (χ2n) is 4.95. The van der Waals surface area contributed by atoms with E-state index in [0.29, 0.717) is 4.47 Å². The van der Waals surface area contributed by atoms with Crippen LogP contribution in [0.4, 0.5) is 4.39 Å². The van der Waals surface area contributed by atoms with Crippen LogP contribution in [0.5, 0.6) is 0 Å². The molecule has 0 saturated heterocycles. The highest BCUT2D eigenvalue weighted by molar-refractivity contribution is 9.10. The van der Waals surface area contributed by atoms with Gasteiger partial charge in [0.1, 0.15) is 10.0 Å². The van der Waals surface area contributed by atoms with Crippen molar-refractivity contribution in [1.29, 1.82) is 0 Å². The maximum atomic E-state index is 13.0. The van der Waals surface area contributed by atoms with E-state index in [9.17, 15) is 12.8 Å². The highest BCUT2D eigenvalue weighted by Crippen LogP contribution is 2.30. The van der Waals surface area contributed by atoms with Crippen molar-refractivity contribution in [3.05, 3.63) is 51.6 Å². The second kappa shape index (κ2) is 6.56. The van der Waals surface area contributed by atoms with Gasteiger partial charge in [0.25, 0.3) is 10.0 Å². The van der Waals surface area contributed by atoms with E-state index in [0.717, 1.165) is 16.9 Å². The smallest absolute Gasteiger partial charge is 0.207 e. The molecule has 2 rings (SSSR count). The molecule has 0 spiro atoms. The molecule has 1 aromatic carbocycles. The zero-order valence-corrected chi connectivity index (χ0v) is 14.7. The molecule has 1 heterocycles. The Morgan fingerprint density at radius 3 is 2.29 bits per heavy atom. The van der Waals surface area contributed by atoms with Gasteiger partial charge in [-0.05, 0) is 51.0 Å². The van der Waals surface area contributed by atoms with E-state index in [1.807, 2.05) is 13.8 Å². The minimum atomic E-state index is -3.62. The van der Waals surface area contributed by atoms with E-state index in [2.05, 4.69) is 20.7 Å². The summed E-state index contributed by atoms with van der Waals surface area (Å²) in [5.41, 5.74) is 0.739. The summed E-state index contributed by atoms with van der Waals surface area (Å²) in [5, 5.41) is 1.71. The van der Waals surface area contributed by atoms with Gasteiger partial charge in [0, 0.05) is 10.5 Å². The Kier molecular flexibility index (Phi) is 5.19. The molecular formula is C14H15BrFNO2S2. The molecule has 21 heavy (non-hydrogen) atoms. The number of sulfonamides is 1. The zero-order valence-electron chi connectivity index (χ0n) is 11.5. The lowest BCUT2D eigenvalue weighted by Crippen LogP contribution is -2.31. The van der Waals surface area contributed by atoms with E-state index in [1.165, 1.54) is 12.1 Å². The lowest BCUT2D eigenvalue weighted by atomic mass is 9.97. The van der Waals surface area contributed by atoms with Gasteiger partial charge in [-0.2, -0.15) is 0 Å². The average Bonchev–Trinajstić information content (AvgIpc) is 2.84. The van der Waals surface area contributed by atoms with Crippen LogP contribution in [0.2, 0.25) is 0 Å². The first-order valence-corrected chi connectivity index (χ1v) is 9.47. The van der Waals surface area contributed by atoms with Crippen molar-refractivity contribution in [2.75, 3.05) is 0 Å². The topological polar surface area (TPSA) is 46.2 Å². The molecule has 1 aromatic heterocycles. The fourth-order valence-electron chi connectivity index (χ4n) is 1.95. The van der Waals surface area contributed by atoms with Crippen LogP contribution in [-0.2, 0) is 10.0 Å². The van der Waals surface area contributed by atoms with E-state index in [-0.39, 0.29) is 15.9 Å². The Labute approximate surface area is 136 Å². The summed E-state index contributed by atoms with van der Waals surface area (Å²) in [6.07, 6.45) is 0. The molecule has 3 nitrogen and oxygen atoms in total. The second-order valence-corrected chi connectivity index (χ2v) is 8.63. The first kappa shape index (κ1) is 16.6. The average molecular weight is 392 g/mol. The van der Waals surface area contributed by atoms with Gasteiger partial charge >= 0.3 is 0 Å². The van der Waals surface area contributed by atoms with Crippen LogP contribution in [0.15, 0.2) is 44.4 Å². The minimum Gasteiger partial charge on any atom is -0.207 e. The van der Waals surface area contributed by atoms with Crippen molar-refractivity contribution in [3.8, 4) is 0 Å². The van der Waals surface area contributed by atoms with Gasteiger partial charge in [0.2, 0.25) is 0 Å². The molecule has 0 amide bonds. The Morgan fingerprint density at radius 2 is 1.81 bits per heavy atom. The van der Waals surface area contributed by atoms with Crippen molar-refractivity contribution in [1.82, 2.24) is 4.72 Å². The lowest BCUT2D eigenvalue weighted by molar-refractivity contribution is 0.463. The third-order valence-corrected chi connectivity index (χ3v) is 7.12. The van der Waals surface area contributed by atoms with Crippen LogP contribution >= 0.6 is 27.3 Å². The normalized spacial score (nSPS) is 13.6. The summed E-state index contributed by atoms with van der Waals surface area (Å²) in [5.74, 6) is -0.311. The van der Waals surface area contributed by atoms with Crippen LogP contribution in [-0.4, -0.2) is 8.42 Å². The molecule has 0 radical (unpaired) electrons. The molecule has 2 aromatic rings. The van der Waals surface area contributed by atoms with Crippen molar-refractivity contribution >= 4 is 37.3 Å². The molecule has 7 heteroatoms. The summed E-state index contributed by atoms with van der Waals surface area (Å²) in [6, 6.07) is 7.16. The van der Waals surface area contributed by atoms with E-state index < -0.39 is 16.1 Å². The van der Waals surface area contributed by atoms with Gasteiger partial charge in [0.15, 0.2) is 0 Å². The predicted molar refractivity (Wildman–Crippen MR) is 86.3 cm³/mol. The molecule has 1 N–H and O–H groups in total. The number of rotatable bonds is 5. The summed E-state index contributed by atoms with van der Waals surface area (Å²) in [4.78, 5) is 0. The molecule has 114 valence electrons. The molecule has 0 aliphatic carbocycles. The third-order valence-electron chi connectivity index (χ3n) is 3.01. The molecule has 1 unspecified atom stereocenters. The highest BCUT2D eigenvalue weighted by Gasteiger charge is 2.26. The quantitative estimate of drug-likeness (QED) is 0.824. The summed E-state index contributed by atoms with van der Waals surface area (Å²) >= 11 is 4.39. The van der Waals surface area contributed by atoms with Crippen molar-refractivity contribution in [3.63, 3.8) is 0 Å². The number of nitrogens with one attached hydrogen (secondary N) is 1. The summed E-state index contributed by atoms with van der Waals surface area (Å²) in [6.45, 7) is 3.83. The Hall–Kier alpha value is -0.760. The van der Waals surface area contributed by atoms with Gasteiger partial charge < -0.3 is 0 Å². The van der Waals surface area contributed by atoms with Gasteiger partial charge in [-0.25, -0.2) is 17.5 Å². The first-order chi connectivity index (χ1) is 9.81. The molecule has 0 aliphatic rings. The maximum absolute atomic E-state index is 13.0. The molecule has 0 saturated carbocycles. The summed E-state index contributed by atoms with van der Waals surface area (Å²) < 4.78 is 41.4. The van der Waals surface area contributed by atoms with Gasteiger partial charge in [-0.15, -0.1) is 11.3 Å². The molecule has 0 bridgehead atoms. The Bertz CT molecular complexity index is 711. The fourth-order valence-corrected chi connectivity index (χ4v) is 5.68. The van der Waals surface area contributed by atoms with Crippen LogP contribution in [0.25, 0.3) is 0 Å². The monoisotopic (exact) mass is 391 g/mol. The van der Waals surface area contributed by atoms with Gasteiger partial charge in [-0.3, -0.25) is 0 Å². The fraction of sp³-hybridized carbons (Fsp3) is 0.286. The number of benzene rings is 1. The number of halogens is 2. The highest BCUT2D eigenvalue weighted by atomic mass is 79.9. The molecule has 1 atom stereocenters. The number of thiophene rings is 1. The van der Waals surface area contributed by atoms with E-state index in [1.54, 1.807) is 23.6 Å². The van der Waals surface area contributed by atoms with Gasteiger partial charge in [-0.1, -0.05) is 26.0 Å². The third kappa shape index (κ3) is 3.91. The lowest BCUT2D eigenvalue weighted by Gasteiger charge is -2.22.